The van der Waals surface area contributed by atoms with Gasteiger partial charge in [0.05, 0.1) is 26.5 Å². The van der Waals surface area contributed by atoms with Crippen molar-refractivity contribution in [2.24, 2.45) is 0 Å². The zero-order chi connectivity index (χ0) is 15.1. The predicted molar refractivity (Wildman–Crippen MR) is 80.2 cm³/mol. The monoisotopic (exact) mass is 291 g/mol. The van der Waals surface area contributed by atoms with Gasteiger partial charge in [0.15, 0.2) is 11.5 Å². The molecule has 5 heteroatoms. The van der Waals surface area contributed by atoms with Crippen LogP contribution in [0.3, 0.4) is 0 Å². The summed E-state index contributed by atoms with van der Waals surface area (Å²) < 4.78 is 21.7. The zero-order valence-corrected chi connectivity index (χ0v) is 12.6. The summed E-state index contributed by atoms with van der Waals surface area (Å²) in [5.74, 6) is 2.85. The average molecular weight is 291 g/mol. The molecule has 0 fully saturated rings. The minimum absolute atomic E-state index is 0.142. The molecule has 0 amide bonds. The van der Waals surface area contributed by atoms with Gasteiger partial charge in [0.25, 0.3) is 0 Å². The summed E-state index contributed by atoms with van der Waals surface area (Å²) in [6.45, 7) is 3.23. The van der Waals surface area contributed by atoms with Crippen LogP contribution in [0.2, 0.25) is 0 Å². The molecule has 1 N–H and O–H groups in total. The lowest BCUT2D eigenvalue weighted by Crippen LogP contribution is -2.24. The Morgan fingerprint density at radius 1 is 1.10 bits per heavy atom. The lowest BCUT2D eigenvalue weighted by Gasteiger charge is -2.15. The van der Waals surface area contributed by atoms with Gasteiger partial charge in [-0.05, 0) is 31.2 Å². The third kappa shape index (κ3) is 3.92. The molecule has 0 aliphatic rings. The molecule has 1 aromatic carbocycles. The Hall–Kier alpha value is -2.14. The van der Waals surface area contributed by atoms with Crippen LogP contribution >= 0.6 is 0 Å². The lowest BCUT2D eigenvalue weighted by molar-refractivity contribution is 0.267. The van der Waals surface area contributed by atoms with Gasteiger partial charge in [-0.1, -0.05) is 6.07 Å². The second kappa shape index (κ2) is 7.59. The zero-order valence-electron chi connectivity index (χ0n) is 12.6. The molecule has 21 heavy (non-hydrogen) atoms. The minimum atomic E-state index is 0.142. The number of hydrogen-bond donors (Lipinski definition) is 1. The highest BCUT2D eigenvalue weighted by Crippen LogP contribution is 2.36. The molecule has 0 saturated carbocycles. The highest BCUT2D eigenvalue weighted by Gasteiger charge is 2.11. The third-order valence-electron chi connectivity index (χ3n) is 3.15. The standard InChI is InChI=1S/C16H21NO4/c1-12(13-8-5-10-20-13)17-9-11-21-16-14(18-2)6-4-7-15(16)19-3/h4-8,10,12,17H,9,11H2,1-3H3. The Morgan fingerprint density at radius 2 is 1.81 bits per heavy atom. The van der Waals surface area contributed by atoms with E-state index in [0.29, 0.717) is 30.4 Å². The van der Waals surface area contributed by atoms with Crippen molar-refractivity contribution in [3.63, 3.8) is 0 Å². The fraction of sp³-hybridized carbons (Fsp3) is 0.375. The van der Waals surface area contributed by atoms with E-state index in [1.165, 1.54) is 0 Å². The molecule has 0 aliphatic heterocycles. The highest BCUT2D eigenvalue weighted by molar-refractivity contribution is 5.51. The molecule has 1 atom stereocenters. The molecular formula is C16H21NO4. The molecule has 2 aromatic rings. The van der Waals surface area contributed by atoms with Crippen LogP contribution < -0.4 is 19.5 Å². The van der Waals surface area contributed by atoms with Crippen molar-refractivity contribution < 1.29 is 18.6 Å². The minimum Gasteiger partial charge on any atom is -0.493 e. The largest absolute Gasteiger partial charge is 0.493 e. The maximum atomic E-state index is 5.77. The molecule has 0 saturated heterocycles. The molecule has 0 bridgehead atoms. The Labute approximate surface area is 124 Å². The quantitative estimate of drug-likeness (QED) is 0.758. The van der Waals surface area contributed by atoms with E-state index in [9.17, 15) is 0 Å². The van der Waals surface area contributed by atoms with Crippen LogP contribution in [0.5, 0.6) is 17.2 Å². The van der Waals surface area contributed by atoms with Crippen LogP contribution in [-0.4, -0.2) is 27.4 Å². The van der Waals surface area contributed by atoms with E-state index in [0.717, 1.165) is 5.76 Å². The maximum Gasteiger partial charge on any atom is 0.203 e. The van der Waals surface area contributed by atoms with Crippen molar-refractivity contribution in [3.05, 3.63) is 42.4 Å². The van der Waals surface area contributed by atoms with Crippen LogP contribution in [0.15, 0.2) is 41.0 Å². The number of hydrogen-bond acceptors (Lipinski definition) is 5. The molecule has 0 aliphatic carbocycles. The Morgan fingerprint density at radius 3 is 2.38 bits per heavy atom. The smallest absolute Gasteiger partial charge is 0.203 e. The van der Waals surface area contributed by atoms with Gasteiger partial charge in [-0.25, -0.2) is 0 Å². The summed E-state index contributed by atoms with van der Waals surface area (Å²) >= 11 is 0. The van der Waals surface area contributed by atoms with Gasteiger partial charge in [-0.15, -0.1) is 0 Å². The van der Waals surface area contributed by atoms with Crippen LogP contribution in [-0.2, 0) is 0 Å². The molecule has 0 radical (unpaired) electrons. The fourth-order valence-corrected chi connectivity index (χ4v) is 2.03. The van der Waals surface area contributed by atoms with E-state index in [-0.39, 0.29) is 6.04 Å². The van der Waals surface area contributed by atoms with Crippen LogP contribution in [0.4, 0.5) is 0 Å². The van der Waals surface area contributed by atoms with Gasteiger partial charge in [-0.2, -0.15) is 0 Å². The van der Waals surface area contributed by atoms with Crippen molar-refractivity contribution in [1.29, 1.82) is 0 Å². The normalized spacial score (nSPS) is 12.0. The Balaban J connectivity index is 1.86. The molecule has 5 nitrogen and oxygen atoms in total. The lowest BCUT2D eigenvalue weighted by atomic mass is 10.2. The van der Waals surface area contributed by atoms with Gasteiger partial charge in [-0.3, -0.25) is 0 Å². The number of nitrogens with one attached hydrogen (secondary N) is 1. The summed E-state index contributed by atoms with van der Waals surface area (Å²) in [4.78, 5) is 0. The first-order valence-electron chi connectivity index (χ1n) is 6.86. The summed E-state index contributed by atoms with van der Waals surface area (Å²) in [5.41, 5.74) is 0. The molecular weight excluding hydrogens is 270 g/mol. The number of methoxy groups -OCH3 is 2. The molecule has 1 unspecified atom stereocenters. The second-order valence-electron chi connectivity index (χ2n) is 4.53. The fourth-order valence-electron chi connectivity index (χ4n) is 2.03. The topological polar surface area (TPSA) is 52.9 Å². The number of benzene rings is 1. The van der Waals surface area contributed by atoms with Gasteiger partial charge < -0.3 is 23.9 Å². The van der Waals surface area contributed by atoms with Gasteiger partial charge >= 0.3 is 0 Å². The third-order valence-corrected chi connectivity index (χ3v) is 3.15. The van der Waals surface area contributed by atoms with E-state index in [1.54, 1.807) is 20.5 Å². The predicted octanol–water partition coefficient (Wildman–Crippen LogP) is 3.03. The summed E-state index contributed by atoms with van der Waals surface area (Å²) in [6, 6.07) is 9.52. The first-order chi connectivity index (χ1) is 10.3. The number of ether oxygens (including phenoxy) is 3. The number of furan rings is 1. The first-order valence-corrected chi connectivity index (χ1v) is 6.86. The summed E-state index contributed by atoms with van der Waals surface area (Å²) in [5, 5.41) is 3.33. The van der Waals surface area contributed by atoms with Crippen molar-refractivity contribution in [2.75, 3.05) is 27.4 Å². The van der Waals surface area contributed by atoms with Gasteiger partial charge in [0.2, 0.25) is 5.75 Å². The van der Waals surface area contributed by atoms with E-state index < -0.39 is 0 Å². The number of para-hydroxylation sites is 1. The highest BCUT2D eigenvalue weighted by atomic mass is 16.5. The van der Waals surface area contributed by atoms with Crippen molar-refractivity contribution >= 4 is 0 Å². The molecule has 114 valence electrons. The Bertz CT molecular complexity index is 517. The number of rotatable bonds is 8. The average Bonchev–Trinajstić information content (AvgIpc) is 3.05. The van der Waals surface area contributed by atoms with Gasteiger partial charge in [0.1, 0.15) is 12.4 Å². The van der Waals surface area contributed by atoms with E-state index >= 15 is 0 Å². The van der Waals surface area contributed by atoms with Crippen LogP contribution in [0.1, 0.15) is 18.7 Å². The molecule has 1 aromatic heterocycles. The van der Waals surface area contributed by atoms with Crippen molar-refractivity contribution in [1.82, 2.24) is 5.32 Å². The van der Waals surface area contributed by atoms with E-state index in [4.69, 9.17) is 18.6 Å². The van der Waals surface area contributed by atoms with Crippen molar-refractivity contribution in [2.45, 2.75) is 13.0 Å². The molecule has 1 heterocycles. The van der Waals surface area contributed by atoms with Crippen LogP contribution in [0.25, 0.3) is 0 Å². The van der Waals surface area contributed by atoms with E-state index in [2.05, 4.69) is 5.32 Å². The Kier molecular flexibility index (Phi) is 5.51. The molecule has 0 spiro atoms. The maximum absolute atomic E-state index is 5.77. The summed E-state index contributed by atoms with van der Waals surface area (Å²) in [7, 11) is 3.22. The first kappa shape index (κ1) is 15.3. The SMILES string of the molecule is COc1cccc(OC)c1OCCNC(C)c1ccco1. The second-order valence-corrected chi connectivity index (χ2v) is 4.53. The van der Waals surface area contributed by atoms with Crippen molar-refractivity contribution in [3.8, 4) is 17.2 Å². The van der Waals surface area contributed by atoms with Crippen LogP contribution in [0, 0.1) is 0 Å². The molecule has 2 rings (SSSR count). The van der Waals surface area contributed by atoms with E-state index in [1.807, 2.05) is 37.3 Å². The van der Waals surface area contributed by atoms with Gasteiger partial charge in [0, 0.05) is 6.54 Å². The summed E-state index contributed by atoms with van der Waals surface area (Å²) in [6.07, 6.45) is 1.67.